The molecule has 0 bridgehead atoms. The van der Waals surface area contributed by atoms with Gasteiger partial charge in [0, 0.05) is 11.9 Å². The maximum absolute atomic E-state index is 9.12. The molecule has 2 rings (SSSR count). The molecule has 1 aromatic heterocycles. The van der Waals surface area contributed by atoms with E-state index in [1.807, 2.05) is 12.1 Å². The van der Waals surface area contributed by atoms with Gasteiger partial charge in [-0.05, 0) is 24.1 Å². The molecule has 0 aliphatic rings. The van der Waals surface area contributed by atoms with Crippen LogP contribution in [0.5, 0.6) is 5.75 Å². The molecule has 0 saturated carbocycles. The van der Waals surface area contributed by atoms with Gasteiger partial charge in [0.2, 0.25) is 0 Å². The second kappa shape index (κ2) is 5.18. The second-order valence-electron chi connectivity index (χ2n) is 3.32. The van der Waals surface area contributed by atoms with Crippen LogP contribution in [0.4, 0.5) is 5.13 Å². The summed E-state index contributed by atoms with van der Waals surface area (Å²) in [6.45, 7) is 0.800. The van der Waals surface area contributed by atoms with Crippen molar-refractivity contribution in [3.05, 3.63) is 40.4 Å². The van der Waals surface area contributed by atoms with Crippen LogP contribution in [0.1, 0.15) is 5.56 Å². The Morgan fingerprint density at radius 2 is 2.06 bits per heavy atom. The molecule has 0 saturated heterocycles. The fourth-order valence-electron chi connectivity index (χ4n) is 1.31. The first kappa shape index (κ1) is 11.2. The van der Waals surface area contributed by atoms with E-state index in [1.165, 1.54) is 16.9 Å². The van der Waals surface area contributed by atoms with Crippen LogP contribution in [0, 0.1) is 0 Å². The Morgan fingerprint density at radius 1 is 1.31 bits per heavy atom. The zero-order valence-electron chi connectivity index (χ0n) is 8.48. The van der Waals surface area contributed by atoms with Gasteiger partial charge >= 0.3 is 0 Å². The summed E-state index contributed by atoms with van der Waals surface area (Å²) in [5, 5.41) is 15.5. The highest BCUT2D eigenvalue weighted by atomic mass is 35.5. The van der Waals surface area contributed by atoms with E-state index in [-0.39, 0.29) is 0 Å². The number of benzene rings is 1. The van der Waals surface area contributed by atoms with Crippen LogP contribution in [0.25, 0.3) is 0 Å². The van der Waals surface area contributed by atoms with Gasteiger partial charge in [0.15, 0.2) is 5.13 Å². The van der Waals surface area contributed by atoms with Crippen molar-refractivity contribution in [3.8, 4) is 5.75 Å². The van der Waals surface area contributed by atoms with Crippen molar-refractivity contribution in [1.82, 2.24) is 4.98 Å². The van der Waals surface area contributed by atoms with Gasteiger partial charge in [-0.25, -0.2) is 4.98 Å². The van der Waals surface area contributed by atoms with Gasteiger partial charge in [-0.1, -0.05) is 23.7 Å². The SMILES string of the molecule is Oc1ccc(CCNc2nc(Cl)cs2)cc1. The molecule has 0 aliphatic heterocycles. The van der Waals surface area contributed by atoms with Gasteiger partial charge in [0.05, 0.1) is 0 Å². The molecule has 0 aliphatic carbocycles. The Bertz CT molecular complexity index is 455. The molecule has 0 fully saturated rings. The lowest BCUT2D eigenvalue weighted by Gasteiger charge is -2.02. The molecule has 0 unspecified atom stereocenters. The molecule has 0 spiro atoms. The fraction of sp³-hybridized carbons (Fsp3) is 0.182. The summed E-state index contributed by atoms with van der Waals surface area (Å²) < 4.78 is 0. The Labute approximate surface area is 103 Å². The molecule has 1 heterocycles. The topological polar surface area (TPSA) is 45.1 Å². The minimum Gasteiger partial charge on any atom is -0.508 e. The van der Waals surface area contributed by atoms with Crippen molar-refractivity contribution in [2.45, 2.75) is 6.42 Å². The largest absolute Gasteiger partial charge is 0.508 e. The number of hydrogen-bond donors (Lipinski definition) is 2. The van der Waals surface area contributed by atoms with E-state index >= 15 is 0 Å². The monoisotopic (exact) mass is 254 g/mol. The van der Waals surface area contributed by atoms with Gasteiger partial charge in [0.25, 0.3) is 0 Å². The van der Waals surface area contributed by atoms with Crippen molar-refractivity contribution >= 4 is 28.1 Å². The lowest BCUT2D eigenvalue weighted by molar-refractivity contribution is 0.475. The Kier molecular flexibility index (Phi) is 3.64. The summed E-state index contributed by atoms with van der Waals surface area (Å²) in [6.07, 6.45) is 0.886. The smallest absolute Gasteiger partial charge is 0.184 e. The van der Waals surface area contributed by atoms with Crippen LogP contribution in [0.15, 0.2) is 29.6 Å². The van der Waals surface area contributed by atoms with Crippen LogP contribution in [-0.2, 0) is 6.42 Å². The van der Waals surface area contributed by atoms with Gasteiger partial charge in [-0.2, -0.15) is 0 Å². The van der Waals surface area contributed by atoms with E-state index in [1.54, 1.807) is 17.5 Å². The van der Waals surface area contributed by atoms with Crippen molar-refractivity contribution in [2.75, 3.05) is 11.9 Å². The second-order valence-corrected chi connectivity index (χ2v) is 4.56. The molecule has 0 radical (unpaired) electrons. The minimum absolute atomic E-state index is 0.295. The molecule has 5 heteroatoms. The number of phenols is 1. The average Bonchev–Trinajstić information content (AvgIpc) is 2.67. The summed E-state index contributed by atoms with van der Waals surface area (Å²) >= 11 is 7.20. The van der Waals surface area contributed by atoms with E-state index in [9.17, 15) is 0 Å². The molecule has 2 N–H and O–H groups in total. The lowest BCUT2D eigenvalue weighted by atomic mass is 10.1. The standard InChI is InChI=1S/C11H11ClN2OS/c12-10-7-16-11(14-10)13-6-5-8-1-3-9(15)4-2-8/h1-4,7,15H,5-6H2,(H,13,14). The first-order valence-corrected chi connectivity index (χ1v) is 6.12. The van der Waals surface area contributed by atoms with E-state index in [0.29, 0.717) is 10.9 Å². The van der Waals surface area contributed by atoms with E-state index in [0.717, 1.165) is 18.1 Å². The minimum atomic E-state index is 0.295. The number of nitrogens with one attached hydrogen (secondary N) is 1. The lowest BCUT2D eigenvalue weighted by Crippen LogP contribution is -2.04. The van der Waals surface area contributed by atoms with Gasteiger partial charge in [0.1, 0.15) is 10.9 Å². The first-order chi connectivity index (χ1) is 7.74. The number of thiazole rings is 1. The first-order valence-electron chi connectivity index (χ1n) is 4.87. The van der Waals surface area contributed by atoms with Crippen LogP contribution in [0.2, 0.25) is 5.15 Å². The predicted octanol–water partition coefficient (Wildman–Crippen LogP) is 3.16. The zero-order valence-corrected chi connectivity index (χ0v) is 10.1. The Balaban J connectivity index is 1.82. The predicted molar refractivity (Wildman–Crippen MR) is 67.4 cm³/mol. The van der Waals surface area contributed by atoms with Crippen LogP contribution < -0.4 is 5.32 Å². The summed E-state index contributed by atoms with van der Waals surface area (Å²) in [4.78, 5) is 4.09. The van der Waals surface area contributed by atoms with E-state index in [2.05, 4.69) is 10.3 Å². The van der Waals surface area contributed by atoms with Crippen LogP contribution in [0.3, 0.4) is 0 Å². The summed E-state index contributed by atoms with van der Waals surface area (Å²) in [5.74, 6) is 0.295. The molecule has 2 aromatic rings. The van der Waals surface area contributed by atoms with Crippen molar-refractivity contribution in [2.24, 2.45) is 0 Å². The molecule has 84 valence electrons. The van der Waals surface area contributed by atoms with Crippen LogP contribution >= 0.6 is 22.9 Å². The maximum Gasteiger partial charge on any atom is 0.184 e. The third-order valence-electron chi connectivity index (χ3n) is 2.10. The highest BCUT2D eigenvalue weighted by molar-refractivity contribution is 7.14. The number of halogens is 1. The van der Waals surface area contributed by atoms with E-state index < -0.39 is 0 Å². The fourth-order valence-corrected chi connectivity index (χ4v) is 2.18. The number of nitrogens with zero attached hydrogens (tertiary/aromatic N) is 1. The number of aromatic hydroxyl groups is 1. The Hall–Kier alpha value is -1.26. The third-order valence-corrected chi connectivity index (χ3v) is 3.23. The molecule has 1 aromatic carbocycles. The third kappa shape index (κ3) is 3.12. The summed E-state index contributed by atoms with van der Waals surface area (Å²) in [5.41, 5.74) is 1.17. The number of aromatic nitrogens is 1. The number of anilines is 1. The summed E-state index contributed by atoms with van der Waals surface area (Å²) in [7, 11) is 0. The molecular formula is C11H11ClN2OS. The normalized spacial score (nSPS) is 10.3. The molecule has 0 atom stereocenters. The highest BCUT2D eigenvalue weighted by Crippen LogP contribution is 2.18. The molecule has 0 amide bonds. The Morgan fingerprint density at radius 3 is 2.69 bits per heavy atom. The maximum atomic E-state index is 9.12. The van der Waals surface area contributed by atoms with Crippen molar-refractivity contribution in [3.63, 3.8) is 0 Å². The molecule has 3 nitrogen and oxygen atoms in total. The quantitative estimate of drug-likeness (QED) is 0.881. The number of rotatable bonds is 4. The molecular weight excluding hydrogens is 244 g/mol. The number of phenolic OH excluding ortho intramolecular Hbond substituents is 1. The van der Waals surface area contributed by atoms with Crippen molar-refractivity contribution in [1.29, 1.82) is 0 Å². The highest BCUT2D eigenvalue weighted by Gasteiger charge is 1.98. The van der Waals surface area contributed by atoms with E-state index in [4.69, 9.17) is 16.7 Å². The zero-order chi connectivity index (χ0) is 11.4. The van der Waals surface area contributed by atoms with Gasteiger partial charge < -0.3 is 10.4 Å². The van der Waals surface area contributed by atoms with Crippen LogP contribution in [-0.4, -0.2) is 16.6 Å². The molecule has 16 heavy (non-hydrogen) atoms. The van der Waals surface area contributed by atoms with Gasteiger partial charge in [-0.3, -0.25) is 0 Å². The summed E-state index contributed by atoms with van der Waals surface area (Å²) in [6, 6.07) is 7.20. The number of hydrogen-bond acceptors (Lipinski definition) is 4. The van der Waals surface area contributed by atoms with Gasteiger partial charge in [-0.15, -0.1) is 11.3 Å². The average molecular weight is 255 g/mol. The van der Waals surface area contributed by atoms with Crippen molar-refractivity contribution < 1.29 is 5.11 Å².